The van der Waals surface area contributed by atoms with Crippen LogP contribution in [0.2, 0.25) is 10.0 Å². The highest BCUT2D eigenvalue weighted by molar-refractivity contribution is 7.80. The normalized spacial score (nSPS) is 13.9. The Morgan fingerprint density at radius 2 is 1.81 bits per heavy atom. The molecule has 3 rings (SSSR count). The van der Waals surface area contributed by atoms with Crippen LogP contribution in [0.25, 0.3) is 0 Å². The molecule has 4 nitrogen and oxygen atoms in total. The summed E-state index contributed by atoms with van der Waals surface area (Å²) in [7, 11) is 0. The van der Waals surface area contributed by atoms with Crippen LogP contribution < -0.4 is 10.6 Å². The van der Waals surface area contributed by atoms with E-state index in [4.69, 9.17) is 35.4 Å². The number of amides is 1. The number of halogens is 2. The third-order valence-corrected chi connectivity index (χ3v) is 5.43. The van der Waals surface area contributed by atoms with Gasteiger partial charge in [-0.2, -0.15) is 0 Å². The average Bonchev–Trinajstić information content (AvgIpc) is 2.69. The summed E-state index contributed by atoms with van der Waals surface area (Å²) in [5.74, 6) is 0.105. The number of carbonyl (C=O) groups excluding carboxylic acids is 1. The molecule has 0 unspecified atom stereocenters. The molecule has 2 N–H and O–H groups in total. The molecular formula is C20H21Cl2N3OS. The van der Waals surface area contributed by atoms with Gasteiger partial charge in [-0.25, -0.2) is 0 Å². The summed E-state index contributed by atoms with van der Waals surface area (Å²) in [4.78, 5) is 14.6. The van der Waals surface area contributed by atoms with Gasteiger partial charge < -0.3 is 15.5 Å². The van der Waals surface area contributed by atoms with Crippen LogP contribution in [0, 0.1) is 0 Å². The van der Waals surface area contributed by atoms with Crippen molar-refractivity contribution in [1.29, 1.82) is 0 Å². The molecule has 0 atom stereocenters. The molecule has 142 valence electrons. The monoisotopic (exact) mass is 421 g/mol. The highest BCUT2D eigenvalue weighted by Crippen LogP contribution is 2.25. The van der Waals surface area contributed by atoms with Crippen molar-refractivity contribution in [2.24, 2.45) is 0 Å². The van der Waals surface area contributed by atoms with Gasteiger partial charge in [0, 0.05) is 30.9 Å². The van der Waals surface area contributed by atoms with Crippen LogP contribution >= 0.6 is 35.4 Å². The highest BCUT2D eigenvalue weighted by Gasteiger charge is 2.18. The molecule has 0 radical (unpaired) electrons. The van der Waals surface area contributed by atoms with Gasteiger partial charge >= 0.3 is 0 Å². The predicted molar refractivity (Wildman–Crippen MR) is 116 cm³/mol. The first-order valence-electron chi connectivity index (χ1n) is 8.91. The summed E-state index contributed by atoms with van der Waals surface area (Å²) in [6.07, 6.45) is 3.38. The van der Waals surface area contributed by atoms with Crippen LogP contribution in [-0.4, -0.2) is 29.0 Å². The largest absolute Gasteiger partial charge is 0.358 e. The predicted octanol–water partition coefficient (Wildman–Crippen LogP) is 5.11. The molecule has 1 aliphatic rings. The number of nitrogens with one attached hydrogen (secondary N) is 2. The Hall–Kier alpha value is -1.82. The molecule has 1 aliphatic heterocycles. The van der Waals surface area contributed by atoms with Gasteiger partial charge in [-0.3, -0.25) is 4.79 Å². The molecule has 1 saturated heterocycles. The minimum absolute atomic E-state index is 0.105. The van der Waals surface area contributed by atoms with Crippen LogP contribution in [0.4, 0.5) is 5.69 Å². The van der Waals surface area contributed by atoms with E-state index in [9.17, 15) is 4.79 Å². The summed E-state index contributed by atoms with van der Waals surface area (Å²) in [6, 6.07) is 12.9. The Balaban J connectivity index is 1.56. The van der Waals surface area contributed by atoms with Gasteiger partial charge in [0.1, 0.15) is 0 Å². The smallest absolute Gasteiger partial charge is 0.253 e. The molecule has 1 amide bonds. The maximum Gasteiger partial charge on any atom is 0.253 e. The number of piperidine rings is 1. The number of benzene rings is 2. The van der Waals surface area contributed by atoms with Crippen LogP contribution in [-0.2, 0) is 6.54 Å². The van der Waals surface area contributed by atoms with E-state index in [2.05, 4.69) is 10.6 Å². The molecule has 2 aromatic rings. The molecular weight excluding hydrogens is 401 g/mol. The zero-order valence-electron chi connectivity index (χ0n) is 14.8. The fourth-order valence-electron chi connectivity index (χ4n) is 3.03. The minimum atomic E-state index is 0.105. The Bertz CT molecular complexity index is 838. The van der Waals surface area contributed by atoms with Gasteiger partial charge in [0.05, 0.1) is 10.0 Å². The van der Waals surface area contributed by atoms with Crippen molar-refractivity contribution in [3.05, 3.63) is 63.6 Å². The Morgan fingerprint density at radius 1 is 1.04 bits per heavy atom. The lowest BCUT2D eigenvalue weighted by atomic mass is 10.1. The Labute approximate surface area is 174 Å². The Morgan fingerprint density at radius 3 is 2.56 bits per heavy atom. The standard InChI is InChI=1S/C20H21Cl2N3OS/c21-17-8-7-16(12-18(17)22)24-20(27)23-13-14-5-4-6-15(11-14)19(26)25-9-2-1-3-10-25/h4-8,11-12H,1-3,9-10,13H2,(H2,23,24,27). The topological polar surface area (TPSA) is 44.4 Å². The SMILES string of the molecule is O=C(c1cccc(CNC(=S)Nc2ccc(Cl)c(Cl)c2)c1)N1CCCCC1. The summed E-state index contributed by atoms with van der Waals surface area (Å²) in [5, 5.41) is 7.65. The number of thiocarbonyl (C=S) groups is 1. The second kappa shape index (κ2) is 9.40. The van der Waals surface area contributed by atoms with E-state index in [1.807, 2.05) is 29.2 Å². The van der Waals surface area contributed by atoms with Gasteiger partial charge in [-0.15, -0.1) is 0 Å². The lowest BCUT2D eigenvalue weighted by Gasteiger charge is -2.26. The van der Waals surface area contributed by atoms with E-state index < -0.39 is 0 Å². The maximum atomic E-state index is 12.6. The van der Waals surface area contributed by atoms with E-state index in [-0.39, 0.29) is 5.91 Å². The zero-order chi connectivity index (χ0) is 19.2. The molecule has 1 heterocycles. The highest BCUT2D eigenvalue weighted by atomic mass is 35.5. The number of rotatable bonds is 4. The van der Waals surface area contributed by atoms with E-state index >= 15 is 0 Å². The van der Waals surface area contributed by atoms with Crippen molar-refractivity contribution in [2.45, 2.75) is 25.8 Å². The van der Waals surface area contributed by atoms with E-state index in [0.29, 0.717) is 21.7 Å². The fourth-order valence-corrected chi connectivity index (χ4v) is 3.51. The van der Waals surface area contributed by atoms with Crippen molar-refractivity contribution in [3.8, 4) is 0 Å². The summed E-state index contributed by atoms with van der Waals surface area (Å²) >= 11 is 17.3. The van der Waals surface area contributed by atoms with Gasteiger partial charge in [-0.05, 0) is 67.4 Å². The van der Waals surface area contributed by atoms with Crippen molar-refractivity contribution < 1.29 is 4.79 Å². The molecule has 0 aromatic heterocycles. The van der Waals surface area contributed by atoms with Gasteiger partial charge in [0.25, 0.3) is 5.91 Å². The third kappa shape index (κ3) is 5.58. The lowest BCUT2D eigenvalue weighted by Crippen LogP contribution is -2.35. The van der Waals surface area contributed by atoms with Crippen LogP contribution in [0.3, 0.4) is 0 Å². The quantitative estimate of drug-likeness (QED) is 0.673. The van der Waals surface area contributed by atoms with Crippen LogP contribution in [0.5, 0.6) is 0 Å². The number of nitrogens with zero attached hydrogens (tertiary/aromatic N) is 1. The molecule has 0 aliphatic carbocycles. The minimum Gasteiger partial charge on any atom is -0.358 e. The molecule has 0 spiro atoms. The molecule has 27 heavy (non-hydrogen) atoms. The molecule has 7 heteroatoms. The van der Waals surface area contributed by atoms with Gasteiger partial charge in [0.2, 0.25) is 0 Å². The molecule has 0 bridgehead atoms. The number of anilines is 1. The first kappa shape index (κ1) is 19.9. The summed E-state index contributed by atoms with van der Waals surface area (Å²) in [5.41, 5.74) is 2.48. The van der Waals surface area contributed by atoms with Crippen molar-refractivity contribution in [2.75, 3.05) is 18.4 Å². The lowest BCUT2D eigenvalue weighted by molar-refractivity contribution is 0.0724. The number of hydrogen-bond donors (Lipinski definition) is 2. The van der Waals surface area contributed by atoms with Gasteiger partial charge in [-0.1, -0.05) is 35.3 Å². The second-order valence-electron chi connectivity index (χ2n) is 6.49. The van der Waals surface area contributed by atoms with Crippen molar-refractivity contribution in [3.63, 3.8) is 0 Å². The van der Waals surface area contributed by atoms with Gasteiger partial charge in [0.15, 0.2) is 5.11 Å². The number of likely N-dealkylation sites (tertiary alicyclic amines) is 1. The van der Waals surface area contributed by atoms with Crippen LogP contribution in [0.1, 0.15) is 35.2 Å². The van der Waals surface area contributed by atoms with Crippen LogP contribution in [0.15, 0.2) is 42.5 Å². The zero-order valence-corrected chi connectivity index (χ0v) is 17.1. The molecule has 2 aromatic carbocycles. The van der Waals surface area contributed by atoms with Crippen molar-refractivity contribution in [1.82, 2.24) is 10.2 Å². The van der Waals surface area contributed by atoms with E-state index in [1.54, 1.807) is 18.2 Å². The number of carbonyl (C=O) groups is 1. The average molecular weight is 422 g/mol. The first-order valence-corrected chi connectivity index (χ1v) is 10.1. The Kier molecular flexibility index (Phi) is 6.94. The van der Waals surface area contributed by atoms with Crippen molar-refractivity contribution >= 4 is 52.1 Å². The number of hydrogen-bond acceptors (Lipinski definition) is 2. The summed E-state index contributed by atoms with van der Waals surface area (Å²) < 4.78 is 0. The molecule has 0 saturated carbocycles. The second-order valence-corrected chi connectivity index (χ2v) is 7.71. The molecule has 1 fully saturated rings. The van der Waals surface area contributed by atoms with E-state index in [0.717, 1.165) is 42.7 Å². The fraction of sp³-hybridized carbons (Fsp3) is 0.300. The maximum absolute atomic E-state index is 12.6. The first-order chi connectivity index (χ1) is 13.0. The summed E-state index contributed by atoms with van der Waals surface area (Å²) in [6.45, 7) is 2.21. The van der Waals surface area contributed by atoms with E-state index in [1.165, 1.54) is 6.42 Å². The third-order valence-electron chi connectivity index (χ3n) is 4.45.